The molecule has 0 unspecified atom stereocenters. The fourth-order valence-corrected chi connectivity index (χ4v) is 3.29. The van der Waals surface area contributed by atoms with E-state index in [1.165, 1.54) is 23.5 Å². The van der Waals surface area contributed by atoms with Crippen molar-refractivity contribution in [2.45, 2.75) is 25.8 Å². The van der Waals surface area contributed by atoms with Gasteiger partial charge in [-0.05, 0) is 24.1 Å². The quantitative estimate of drug-likeness (QED) is 0.913. The Kier molecular flexibility index (Phi) is 4.66. The van der Waals surface area contributed by atoms with Crippen LogP contribution in [0.3, 0.4) is 0 Å². The van der Waals surface area contributed by atoms with Gasteiger partial charge in [-0.15, -0.1) is 11.3 Å². The molecule has 0 aliphatic carbocycles. The number of nitrogens with zero attached hydrogens (tertiary/aromatic N) is 2. The summed E-state index contributed by atoms with van der Waals surface area (Å²) in [6.45, 7) is 0.968. The number of aromatic nitrogens is 1. The first-order valence-electron chi connectivity index (χ1n) is 7.38. The molecule has 0 atom stereocenters. The molecule has 120 valence electrons. The van der Waals surface area contributed by atoms with Crippen LogP contribution in [0.4, 0.5) is 9.52 Å². The van der Waals surface area contributed by atoms with E-state index in [-0.39, 0.29) is 30.6 Å². The minimum atomic E-state index is -0.323. The maximum atomic E-state index is 13.1. The predicted octanol–water partition coefficient (Wildman–Crippen LogP) is 2.27. The molecule has 23 heavy (non-hydrogen) atoms. The smallest absolute Gasteiger partial charge is 0.228 e. The fraction of sp³-hybridized carbons (Fsp3) is 0.312. The summed E-state index contributed by atoms with van der Waals surface area (Å²) < 4.78 is 13.1. The average Bonchev–Trinajstić information content (AvgIpc) is 3.14. The monoisotopic (exact) mass is 333 g/mol. The third-order valence-corrected chi connectivity index (χ3v) is 4.48. The molecule has 1 aliphatic rings. The molecule has 2 aromatic rings. The summed E-state index contributed by atoms with van der Waals surface area (Å²) in [6, 6.07) is 6.11. The number of hydrogen-bond acceptors (Lipinski definition) is 4. The van der Waals surface area contributed by atoms with Crippen molar-refractivity contribution in [3.05, 3.63) is 46.7 Å². The molecular weight excluding hydrogens is 317 g/mol. The van der Waals surface area contributed by atoms with Crippen LogP contribution < -0.4 is 10.2 Å². The van der Waals surface area contributed by atoms with Gasteiger partial charge in [0.2, 0.25) is 11.8 Å². The lowest BCUT2D eigenvalue weighted by atomic mass is 10.2. The molecule has 1 fully saturated rings. The molecule has 0 radical (unpaired) electrons. The van der Waals surface area contributed by atoms with E-state index in [9.17, 15) is 14.0 Å². The van der Waals surface area contributed by atoms with E-state index in [4.69, 9.17) is 0 Å². The van der Waals surface area contributed by atoms with Crippen LogP contribution in [0.15, 0.2) is 29.6 Å². The second kappa shape index (κ2) is 6.87. The Labute approximate surface area is 137 Å². The predicted molar refractivity (Wildman–Crippen MR) is 85.7 cm³/mol. The zero-order valence-corrected chi connectivity index (χ0v) is 13.2. The van der Waals surface area contributed by atoms with E-state index in [0.717, 1.165) is 6.42 Å². The third kappa shape index (κ3) is 3.92. The maximum absolute atomic E-state index is 13.1. The van der Waals surface area contributed by atoms with E-state index in [1.54, 1.807) is 22.4 Å². The van der Waals surface area contributed by atoms with Crippen LogP contribution in [-0.4, -0.2) is 23.3 Å². The molecule has 2 amide bonds. The molecule has 0 bridgehead atoms. The highest BCUT2D eigenvalue weighted by molar-refractivity contribution is 7.14. The molecule has 1 N–H and O–H groups in total. The fourth-order valence-electron chi connectivity index (χ4n) is 2.43. The van der Waals surface area contributed by atoms with E-state index >= 15 is 0 Å². The molecule has 5 nitrogen and oxygen atoms in total. The van der Waals surface area contributed by atoms with Crippen molar-refractivity contribution in [1.29, 1.82) is 0 Å². The highest BCUT2D eigenvalue weighted by atomic mass is 32.1. The highest BCUT2D eigenvalue weighted by Gasteiger charge is 2.24. The van der Waals surface area contributed by atoms with Crippen LogP contribution in [0.1, 0.15) is 24.1 Å². The van der Waals surface area contributed by atoms with Gasteiger partial charge in [-0.3, -0.25) is 14.5 Å². The summed E-state index contributed by atoms with van der Waals surface area (Å²) in [6.07, 6.45) is 1.55. The van der Waals surface area contributed by atoms with Crippen molar-refractivity contribution < 1.29 is 14.0 Å². The first kappa shape index (κ1) is 15.6. The minimum Gasteiger partial charge on any atom is -0.352 e. The Hall–Kier alpha value is -2.28. The SMILES string of the molecule is O=C(Cc1csc(N2CCCC2=O)n1)NCc1cccc(F)c1. The highest BCUT2D eigenvalue weighted by Crippen LogP contribution is 2.25. The first-order chi connectivity index (χ1) is 11.1. The van der Waals surface area contributed by atoms with Crippen LogP contribution in [-0.2, 0) is 22.6 Å². The van der Waals surface area contributed by atoms with E-state index < -0.39 is 0 Å². The van der Waals surface area contributed by atoms with Crippen LogP contribution in [0.25, 0.3) is 0 Å². The van der Waals surface area contributed by atoms with Crippen molar-refractivity contribution in [3.8, 4) is 0 Å². The van der Waals surface area contributed by atoms with Gasteiger partial charge in [-0.2, -0.15) is 0 Å². The molecule has 1 aromatic heterocycles. The van der Waals surface area contributed by atoms with Gasteiger partial charge in [0, 0.05) is 24.9 Å². The number of hydrogen-bond donors (Lipinski definition) is 1. The molecule has 7 heteroatoms. The van der Waals surface area contributed by atoms with Crippen molar-refractivity contribution in [2.75, 3.05) is 11.4 Å². The lowest BCUT2D eigenvalue weighted by molar-refractivity contribution is -0.120. The molecule has 1 saturated heterocycles. The van der Waals surface area contributed by atoms with Gasteiger partial charge in [0.05, 0.1) is 12.1 Å². The number of rotatable bonds is 5. The van der Waals surface area contributed by atoms with Gasteiger partial charge in [0.15, 0.2) is 5.13 Å². The lowest BCUT2D eigenvalue weighted by Crippen LogP contribution is -2.25. The van der Waals surface area contributed by atoms with Crippen LogP contribution in [0.5, 0.6) is 0 Å². The number of benzene rings is 1. The largest absolute Gasteiger partial charge is 0.352 e. The number of carbonyl (C=O) groups is 2. The van der Waals surface area contributed by atoms with Gasteiger partial charge in [-0.25, -0.2) is 9.37 Å². The van der Waals surface area contributed by atoms with E-state index in [1.807, 2.05) is 0 Å². The summed E-state index contributed by atoms with van der Waals surface area (Å²) in [7, 11) is 0. The summed E-state index contributed by atoms with van der Waals surface area (Å²) in [5.74, 6) is -0.420. The standard InChI is InChI=1S/C16H16FN3O2S/c17-12-4-1-3-11(7-12)9-18-14(21)8-13-10-23-16(19-13)20-6-2-5-15(20)22/h1,3-4,7,10H,2,5-6,8-9H2,(H,18,21). The number of amides is 2. The molecule has 3 rings (SSSR count). The summed E-state index contributed by atoms with van der Waals surface area (Å²) in [5.41, 5.74) is 1.35. The van der Waals surface area contributed by atoms with Crippen LogP contribution in [0, 0.1) is 5.82 Å². The van der Waals surface area contributed by atoms with E-state index in [0.29, 0.717) is 29.4 Å². The zero-order valence-electron chi connectivity index (χ0n) is 12.4. The van der Waals surface area contributed by atoms with Crippen molar-refractivity contribution in [3.63, 3.8) is 0 Å². The maximum Gasteiger partial charge on any atom is 0.228 e. The summed E-state index contributed by atoms with van der Waals surface area (Å²) in [4.78, 5) is 29.6. The molecule has 1 aromatic carbocycles. The summed E-state index contributed by atoms with van der Waals surface area (Å²) >= 11 is 1.37. The number of anilines is 1. The molecule has 0 saturated carbocycles. The number of carbonyl (C=O) groups excluding carboxylic acids is 2. The Morgan fingerprint density at radius 1 is 1.43 bits per heavy atom. The summed E-state index contributed by atoms with van der Waals surface area (Å²) in [5, 5.41) is 5.19. The normalized spacial score (nSPS) is 14.3. The second-order valence-electron chi connectivity index (χ2n) is 5.35. The lowest BCUT2D eigenvalue weighted by Gasteiger charge is -2.10. The van der Waals surface area contributed by atoms with Gasteiger partial charge < -0.3 is 5.32 Å². The van der Waals surface area contributed by atoms with Gasteiger partial charge in [0.25, 0.3) is 0 Å². The van der Waals surface area contributed by atoms with Crippen molar-refractivity contribution in [1.82, 2.24) is 10.3 Å². The minimum absolute atomic E-state index is 0.0847. The average molecular weight is 333 g/mol. The zero-order chi connectivity index (χ0) is 16.2. The van der Waals surface area contributed by atoms with Crippen LogP contribution >= 0.6 is 11.3 Å². The first-order valence-corrected chi connectivity index (χ1v) is 8.26. The van der Waals surface area contributed by atoms with Crippen LogP contribution in [0.2, 0.25) is 0 Å². The number of thiazole rings is 1. The topological polar surface area (TPSA) is 62.3 Å². The Morgan fingerprint density at radius 2 is 2.30 bits per heavy atom. The number of nitrogens with one attached hydrogen (secondary N) is 1. The van der Waals surface area contributed by atoms with E-state index in [2.05, 4.69) is 10.3 Å². The Balaban J connectivity index is 1.54. The second-order valence-corrected chi connectivity index (χ2v) is 6.19. The van der Waals surface area contributed by atoms with Gasteiger partial charge in [0.1, 0.15) is 5.82 Å². The molecule has 0 spiro atoms. The molecule has 2 heterocycles. The van der Waals surface area contributed by atoms with Gasteiger partial charge in [-0.1, -0.05) is 12.1 Å². The van der Waals surface area contributed by atoms with Crippen molar-refractivity contribution >= 4 is 28.3 Å². The number of halogens is 1. The third-order valence-electron chi connectivity index (χ3n) is 3.56. The Bertz CT molecular complexity index is 732. The van der Waals surface area contributed by atoms with Gasteiger partial charge >= 0.3 is 0 Å². The molecule has 1 aliphatic heterocycles. The molecular formula is C16H16FN3O2S. The van der Waals surface area contributed by atoms with Crippen molar-refractivity contribution in [2.24, 2.45) is 0 Å². The Morgan fingerprint density at radius 3 is 3.04 bits per heavy atom.